The summed E-state index contributed by atoms with van der Waals surface area (Å²) in [4.78, 5) is 9.82. The molecule has 1 aromatic rings. The van der Waals surface area contributed by atoms with Crippen LogP contribution in [0.4, 0.5) is 5.69 Å². The van der Waals surface area contributed by atoms with Gasteiger partial charge in [0.05, 0.1) is 11.0 Å². The van der Waals surface area contributed by atoms with E-state index in [9.17, 15) is 10.1 Å². The second-order valence-electron chi connectivity index (χ2n) is 2.01. The van der Waals surface area contributed by atoms with Gasteiger partial charge in [-0.3, -0.25) is 10.1 Å². The molecule has 0 unspecified atom stereocenters. The third-order valence-corrected chi connectivity index (χ3v) is 1.32. The van der Waals surface area contributed by atoms with Crippen LogP contribution in [0.5, 0.6) is 0 Å². The van der Waals surface area contributed by atoms with Gasteiger partial charge in [-0.05, 0) is 6.07 Å². The topological polar surface area (TPSA) is 69.2 Å². The van der Waals surface area contributed by atoms with Crippen molar-refractivity contribution in [1.82, 2.24) is 0 Å². The van der Waals surface area contributed by atoms with E-state index in [0.29, 0.717) is 5.56 Å². The maximum absolute atomic E-state index is 10.3. The number of hydrogen-bond donors (Lipinski definition) is 1. The molecule has 0 aliphatic heterocycles. The van der Waals surface area contributed by atoms with E-state index in [0.717, 1.165) is 0 Å². The highest BCUT2D eigenvalue weighted by Gasteiger charge is 2.09. The summed E-state index contributed by atoms with van der Waals surface area (Å²) in [6, 6.07) is 7.30. The minimum atomic E-state index is -0.484. The molecular formula is C7H7N2O2. The van der Waals surface area contributed by atoms with Gasteiger partial charge in [-0.2, -0.15) is 0 Å². The molecule has 0 aliphatic rings. The molecule has 2 N–H and O–H groups in total. The van der Waals surface area contributed by atoms with Crippen LogP contribution in [0.3, 0.4) is 0 Å². The van der Waals surface area contributed by atoms with Crippen molar-refractivity contribution in [3.05, 3.63) is 39.9 Å². The highest BCUT2D eigenvalue weighted by atomic mass is 16.6. The largest absolute Gasteiger partial charge is 0.326 e. The first kappa shape index (κ1) is 7.68. The fraction of sp³-hybridized carbons (Fsp3) is 0.143. The van der Waals surface area contributed by atoms with Crippen molar-refractivity contribution in [1.29, 1.82) is 0 Å². The second kappa shape index (κ2) is 3.12. The van der Waals surface area contributed by atoms with Gasteiger partial charge in [0.15, 0.2) is 0 Å². The van der Waals surface area contributed by atoms with Crippen LogP contribution in [0.15, 0.2) is 18.2 Å². The molecule has 0 saturated heterocycles. The van der Waals surface area contributed by atoms with Gasteiger partial charge in [-0.25, -0.2) is 0 Å². The van der Waals surface area contributed by atoms with Crippen LogP contribution in [0.25, 0.3) is 0 Å². The molecule has 57 valence electrons. The molecule has 4 nitrogen and oxygen atoms in total. The van der Waals surface area contributed by atoms with Crippen LogP contribution in [0.2, 0.25) is 0 Å². The molecule has 0 amide bonds. The Labute approximate surface area is 63.8 Å². The smallest absolute Gasteiger partial charge is 0.281 e. The summed E-state index contributed by atoms with van der Waals surface area (Å²) >= 11 is 0. The molecule has 0 bridgehead atoms. The molecule has 1 aromatic carbocycles. The molecule has 0 heterocycles. The standard InChI is InChI=1S/C7H7N2O2/c8-5-6-3-1-2-4-7(6)9(10)11/h1-3H,5,8H2. The molecule has 1 rings (SSSR count). The van der Waals surface area contributed by atoms with Crippen molar-refractivity contribution in [2.75, 3.05) is 0 Å². The average molecular weight is 151 g/mol. The predicted octanol–water partition coefficient (Wildman–Crippen LogP) is 0.854. The van der Waals surface area contributed by atoms with E-state index in [2.05, 4.69) is 6.07 Å². The lowest BCUT2D eigenvalue weighted by atomic mass is 10.2. The highest BCUT2D eigenvalue weighted by molar-refractivity contribution is 5.38. The van der Waals surface area contributed by atoms with Crippen LogP contribution in [-0.4, -0.2) is 4.92 Å². The monoisotopic (exact) mass is 151 g/mol. The zero-order valence-electron chi connectivity index (χ0n) is 5.78. The van der Waals surface area contributed by atoms with Crippen LogP contribution >= 0.6 is 0 Å². The number of para-hydroxylation sites is 1. The lowest BCUT2D eigenvalue weighted by Gasteiger charge is -1.95. The molecule has 4 heteroatoms. The predicted molar refractivity (Wildman–Crippen MR) is 39.8 cm³/mol. The number of benzene rings is 1. The molecule has 0 aromatic heterocycles. The van der Waals surface area contributed by atoms with Gasteiger partial charge in [0.2, 0.25) is 0 Å². The third kappa shape index (κ3) is 1.53. The SMILES string of the molecule is NCc1ccc[c]c1[N+](=O)[O-]. The number of nitrogens with zero attached hydrogens (tertiary/aromatic N) is 1. The molecule has 0 spiro atoms. The summed E-state index contributed by atoms with van der Waals surface area (Å²) < 4.78 is 0. The maximum atomic E-state index is 10.3. The van der Waals surface area contributed by atoms with Crippen molar-refractivity contribution in [3.63, 3.8) is 0 Å². The second-order valence-corrected chi connectivity index (χ2v) is 2.01. The van der Waals surface area contributed by atoms with Crippen molar-refractivity contribution < 1.29 is 4.92 Å². The molecule has 0 saturated carbocycles. The Balaban J connectivity index is 3.12. The van der Waals surface area contributed by atoms with E-state index >= 15 is 0 Å². The van der Waals surface area contributed by atoms with Crippen molar-refractivity contribution >= 4 is 5.69 Å². The van der Waals surface area contributed by atoms with Crippen molar-refractivity contribution in [3.8, 4) is 0 Å². The third-order valence-electron chi connectivity index (χ3n) is 1.32. The van der Waals surface area contributed by atoms with Gasteiger partial charge in [0, 0.05) is 12.1 Å². The molecule has 0 fully saturated rings. The van der Waals surface area contributed by atoms with Gasteiger partial charge in [-0.1, -0.05) is 12.1 Å². The Kier molecular flexibility index (Phi) is 2.18. The van der Waals surface area contributed by atoms with E-state index in [-0.39, 0.29) is 12.2 Å². The lowest BCUT2D eigenvalue weighted by molar-refractivity contribution is -0.385. The van der Waals surface area contributed by atoms with E-state index < -0.39 is 4.92 Å². The van der Waals surface area contributed by atoms with E-state index in [1.54, 1.807) is 12.1 Å². The summed E-state index contributed by atoms with van der Waals surface area (Å²) in [6.45, 7) is 0.174. The van der Waals surface area contributed by atoms with Crippen molar-refractivity contribution in [2.45, 2.75) is 6.54 Å². The number of hydrogen-bond acceptors (Lipinski definition) is 3. The molecular weight excluding hydrogens is 144 g/mol. The lowest BCUT2D eigenvalue weighted by Crippen LogP contribution is -2.01. The Bertz CT molecular complexity index is 273. The number of nitro benzene ring substituents is 1. The van der Waals surface area contributed by atoms with Gasteiger partial charge in [0.25, 0.3) is 5.69 Å². The summed E-state index contributed by atoms with van der Waals surface area (Å²) in [5.41, 5.74) is 5.74. The van der Waals surface area contributed by atoms with E-state index in [1.165, 1.54) is 6.07 Å². The first-order valence-electron chi connectivity index (χ1n) is 3.09. The van der Waals surface area contributed by atoms with Gasteiger partial charge < -0.3 is 5.73 Å². The number of rotatable bonds is 2. The fourth-order valence-electron chi connectivity index (χ4n) is 0.798. The number of nitrogens with two attached hydrogens (primary N) is 1. The van der Waals surface area contributed by atoms with E-state index in [1.807, 2.05) is 0 Å². The Morgan fingerprint density at radius 1 is 1.73 bits per heavy atom. The van der Waals surface area contributed by atoms with Crippen LogP contribution in [0, 0.1) is 16.2 Å². The molecule has 11 heavy (non-hydrogen) atoms. The minimum absolute atomic E-state index is 0.0324. The summed E-state index contributed by atoms with van der Waals surface area (Å²) in [5.74, 6) is 0. The summed E-state index contributed by atoms with van der Waals surface area (Å²) in [6.07, 6.45) is 0. The van der Waals surface area contributed by atoms with Crippen LogP contribution in [-0.2, 0) is 6.54 Å². The molecule has 0 atom stereocenters. The van der Waals surface area contributed by atoms with Crippen LogP contribution in [0.1, 0.15) is 5.56 Å². The zero-order chi connectivity index (χ0) is 8.27. The first-order valence-corrected chi connectivity index (χ1v) is 3.09. The molecule has 0 aliphatic carbocycles. The Morgan fingerprint density at radius 3 is 2.91 bits per heavy atom. The van der Waals surface area contributed by atoms with Crippen LogP contribution < -0.4 is 5.73 Å². The fourth-order valence-corrected chi connectivity index (χ4v) is 0.798. The Hall–Kier alpha value is -1.42. The zero-order valence-corrected chi connectivity index (χ0v) is 5.78. The highest BCUT2D eigenvalue weighted by Crippen LogP contribution is 2.15. The number of nitro groups is 1. The van der Waals surface area contributed by atoms with Gasteiger partial charge in [0.1, 0.15) is 0 Å². The average Bonchev–Trinajstić information content (AvgIpc) is 2.04. The van der Waals surface area contributed by atoms with Gasteiger partial charge >= 0.3 is 0 Å². The summed E-state index contributed by atoms with van der Waals surface area (Å²) in [7, 11) is 0. The van der Waals surface area contributed by atoms with Gasteiger partial charge in [-0.15, -0.1) is 0 Å². The first-order chi connectivity index (χ1) is 5.25. The summed E-state index contributed by atoms with van der Waals surface area (Å²) in [5, 5.41) is 10.3. The van der Waals surface area contributed by atoms with Crippen molar-refractivity contribution in [2.24, 2.45) is 5.73 Å². The minimum Gasteiger partial charge on any atom is -0.326 e. The van der Waals surface area contributed by atoms with E-state index in [4.69, 9.17) is 5.73 Å². The Morgan fingerprint density at radius 2 is 2.45 bits per heavy atom. The normalized spacial score (nSPS) is 9.55. The quantitative estimate of drug-likeness (QED) is 0.503. The molecule has 1 radical (unpaired) electrons. The maximum Gasteiger partial charge on any atom is 0.281 e.